The number of nitriles is 1. The minimum Gasteiger partial charge on any atom is -0.482 e. The van der Waals surface area contributed by atoms with Crippen LogP contribution in [-0.2, 0) is 4.79 Å². The number of hydrogen-bond acceptors (Lipinski definition) is 3. The number of amides is 1. The largest absolute Gasteiger partial charge is 0.482 e. The summed E-state index contributed by atoms with van der Waals surface area (Å²) in [7, 11) is 0. The van der Waals surface area contributed by atoms with Gasteiger partial charge in [-0.3, -0.25) is 4.79 Å². The molecule has 1 amide bonds. The van der Waals surface area contributed by atoms with E-state index in [2.05, 4.69) is 5.32 Å². The first-order valence-electron chi connectivity index (χ1n) is 6.77. The van der Waals surface area contributed by atoms with E-state index in [9.17, 15) is 4.79 Å². The first-order chi connectivity index (χ1) is 10.6. The summed E-state index contributed by atoms with van der Waals surface area (Å²) in [6, 6.07) is 15.9. The van der Waals surface area contributed by atoms with Crippen LogP contribution in [0.25, 0.3) is 0 Å². The Morgan fingerprint density at radius 2 is 2.09 bits per heavy atom. The van der Waals surface area contributed by atoms with Crippen molar-refractivity contribution in [1.82, 2.24) is 5.32 Å². The summed E-state index contributed by atoms with van der Waals surface area (Å²) in [5.74, 6) is 0.135. The average molecular weight is 315 g/mol. The summed E-state index contributed by atoms with van der Waals surface area (Å²) < 4.78 is 5.39. The van der Waals surface area contributed by atoms with E-state index < -0.39 is 0 Å². The minimum atomic E-state index is -0.264. The molecule has 0 saturated carbocycles. The van der Waals surface area contributed by atoms with Crippen molar-refractivity contribution in [2.45, 2.75) is 13.0 Å². The predicted molar refractivity (Wildman–Crippen MR) is 84.7 cm³/mol. The van der Waals surface area contributed by atoms with Gasteiger partial charge in [0.05, 0.1) is 11.6 Å². The molecule has 0 spiro atoms. The number of nitrogens with zero attached hydrogens (tertiary/aromatic N) is 1. The predicted octanol–water partition coefficient (Wildman–Crippen LogP) is 3.47. The van der Waals surface area contributed by atoms with Gasteiger partial charge in [-0.2, -0.15) is 5.26 Å². The van der Waals surface area contributed by atoms with Crippen molar-refractivity contribution in [2.24, 2.45) is 0 Å². The first kappa shape index (κ1) is 15.9. The maximum atomic E-state index is 11.9. The van der Waals surface area contributed by atoms with Crippen LogP contribution in [0, 0.1) is 11.3 Å². The number of carbonyl (C=O) groups excluding carboxylic acids is 1. The number of hydrogen-bond donors (Lipinski definition) is 1. The molecule has 112 valence electrons. The normalized spacial score (nSPS) is 11.3. The zero-order valence-electron chi connectivity index (χ0n) is 12.0. The molecule has 0 aliphatic heterocycles. The van der Waals surface area contributed by atoms with Crippen LogP contribution in [0.1, 0.15) is 24.1 Å². The molecule has 5 heteroatoms. The van der Waals surface area contributed by atoms with E-state index >= 15 is 0 Å². The molecule has 2 aromatic rings. The molecule has 0 unspecified atom stereocenters. The molecule has 22 heavy (non-hydrogen) atoms. The third kappa shape index (κ3) is 4.24. The van der Waals surface area contributed by atoms with Crippen LogP contribution in [0.2, 0.25) is 5.02 Å². The Labute approximate surface area is 134 Å². The SMILES string of the molecule is C[C@@H](NC(=O)COc1ccccc1C#N)c1cccc(Cl)c1. The van der Waals surface area contributed by atoms with Gasteiger partial charge < -0.3 is 10.1 Å². The summed E-state index contributed by atoms with van der Waals surface area (Å²) in [5, 5.41) is 12.4. The molecule has 0 heterocycles. The third-order valence-corrected chi connectivity index (χ3v) is 3.33. The topological polar surface area (TPSA) is 62.1 Å². The molecule has 4 nitrogen and oxygen atoms in total. The lowest BCUT2D eigenvalue weighted by atomic mass is 10.1. The van der Waals surface area contributed by atoms with E-state index in [1.54, 1.807) is 36.4 Å². The molecular weight excluding hydrogens is 300 g/mol. The summed E-state index contributed by atoms with van der Waals surface area (Å²) in [6.07, 6.45) is 0. The molecule has 0 radical (unpaired) electrons. The highest BCUT2D eigenvalue weighted by Crippen LogP contribution is 2.18. The molecule has 1 N–H and O–H groups in total. The van der Waals surface area contributed by atoms with Crippen molar-refractivity contribution in [3.05, 3.63) is 64.7 Å². The number of ether oxygens (including phenoxy) is 1. The fourth-order valence-electron chi connectivity index (χ4n) is 1.97. The Morgan fingerprint density at radius 1 is 1.32 bits per heavy atom. The van der Waals surface area contributed by atoms with Crippen LogP contribution >= 0.6 is 11.6 Å². The third-order valence-electron chi connectivity index (χ3n) is 3.09. The summed E-state index contributed by atoms with van der Waals surface area (Å²) in [6.45, 7) is 1.72. The Hall–Kier alpha value is -2.51. The van der Waals surface area contributed by atoms with Gasteiger partial charge in [0.1, 0.15) is 11.8 Å². The van der Waals surface area contributed by atoms with Gasteiger partial charge in [0.15, 0.2) is 6.61 Å². The lowest BCUT2D eigenvalue weighted by Crippen LogP contribution is -2.31. The molecule has 0 bridgehead atoms. The highest BCUT2D eigenvalue weighted by Gasteiger charge is 2.11. The maximum absolute atomic E-state index is 11.9. The van der Waals surface area contributed by atoms with Crippen LogP contribution in [-0.4, -0.2) is 12.5 Å². The number of rotatable bonds is 5. The van der Waals surface area contributed by atoms with Crippen LogP contribution in [0.4, 0.5) is 0 Å². The molecule has 0 fully saturated rings. The summed E-state index contributed by atoms with van der Waals surface area (Å²) in [5.41, 5.74) is 1.32. The molecule has 2 aromatic carbocycles. The van der Waals surface area contributed by atoms with Crippen molar-refractivity contribution in [2.75, 3.05) is 6.61 Å². The van der Waals surface area contributed by atoms with Crippen molar-refractivity contribution in [3.8, 4) is 11.8 Å². The summed E-state index contributed by atoms with van der Waals surface area (Å²) >= 11 is 5.93. The van der Waals surface area contributed by atoms with E-state index in [0.717, 1.165) is 5.56 Å². The van der Waals surface area contributed by atoms with Gasteiger partial charge in [-0.15, -0.1) is 0 Å². The van der Waals surface area contributed by atoms with E-state index in [1.807, 2.05) is 25.1 Å². The highest BCUT2D eigenvalue weighted by atomic mass is 35.5. The second kappa shape index (κ2) is 7.48. The second-order valence-corrected chi connectivity index (χ2v) is 5.18. The molecule has 2 rings (SSSR count). The molecule has 0 aromatic heterocycles. The van der Waals surface area contributed by atoms with Gasteiger partial charge >= 0.3 is 0 Å². The number of para-hydroxylation sites is 1. The number of halogens is 1. The van der Waals surface area contributed by atoms with Crippen LogP contribution < -0.4 is 10.1 Å². The molecule has 0 aliphatic carbocycles. The van der Waals surface area contributed by atoms with Gasteiger partial charge in [-0.1, -0.05) is 35.9 Å². The number of benzene rings is 2. The van der Waals surface area contributed by atoms with Gasteiger partial charge in [-0.25, -0.2) is 0 Å². The van der Waals surface area contributed by atoms with E-state index in [-0.39, 0.29) is 18.6 Å². The molecular formula is C17H15ClN2O2. The van der Waals surface area contributed by atoms with Crippen molar-refractivity contribution >= 4 is 17.5 Å². The van der Waals surface area contributed by atoms with Gasteiger partial charge in [0.25, 0.3) is 5.91 Å². The number of nitrogens with one attached hydrogen (secondary N) is 1. The van der Waals surface area contributed by atoms with Crippen LogP contribution in [0.15, 0.2) is 48.5 Å². The monoisotopic (exact) mass is 314 g/mol. The fraction of sp³-hybridized carbons (Fsp3) is 0.176. The Morgan fingerprint density at radius 3 is 2.82 bits per heavy atom. The lowest BCUT2D eigenvalue weighted by molar-refractivity contribution is -0.123. The first-order valence-corrected chi connectivity index (χ1v) is 7.14. The molecule has 0 aliphatic rings. The minimum absolute atomic E-state index is 0.149. The zero-order chi connectivity index (χ0) is 15.9. The van der Waals surface area contributed by atoms with E-state index in [4.69, 9.17) is 21.6 Å². The lowest BCUT2D eigenvalue weighted by Gasteiger charge is -2.15. The van der Waals surface area contributed by atoms with Crippen molar-refractivity contribution < 1.29 is 9.53 Å². The zero-order valence-corrected chi connectivity index (χ0v) is 12.8. The number of carbonyl (C=O) groups is 1. The van der Waals surface area contributed by atoms with Gasteiger partial charge in [-0.05, 0) is 36.8 Å². The smallest absolute Gasteiger partial charge is 0.258 e. The van der Waals surface area contributed by atoms with E-state index in [0.29, 0.717) is 16.3 Å². The summed E-state index contributed by atoms with van der Waals surface area (Å²) in [4.78, 5) is 11.9. The van der Waals surface area contributed by atoms with E-state index in [1.165, 1.54) is 0 Å². The van der Waals surface area contributed by atoms with Crippen LogP contribution in [0.5, 0.6) is 5.75 Å². The van der Waals surface area contributed by atoms with Crippen LogP contribution in [0.3, 0.4) is 0 Å². The molecule has 1 atom stereocenters. The van der Waals surface area contributed by atoms with Gasteiger partial charge in [0.2, 0.25) is 0 Å². The Kier molecular flexibility index (Phi) is 5.40. The fourth-order valence-corrected chi connectivity index (χ4v) is 2.17. The Bertz CT molecular complexity index is 710. The average Bonchev–Trinajstić information content (AvgIpc) is 2.53. The van der Waals surface area contributed by atoms with Crippen molar-refractivity contribution in [1.29, 1.82) is 5.26 Å². The Balaban J connectivity index is 1.92. The van der Waals surface area contributed by atoms with Crippen molar-refractivity contribution in [3.63, 3.8) is 0 Å². The van der Waals surface area contributed by atoms with Gasteiger partial charge in [0, 0.05) is 5.02 Å². The molecule has 0 saturated heterocycles. The standard InChI is InChI=1S/C17H15ClN2O2/c1-12(13-6-4-7-15(18)9-13)20-17(21)11-22-16-8-3-2-5-14(16)10-19/h2-9,12H,11H2,1H3,(H,20,21)/t12-/m1/s1. The second-order valence-electron chi connectivity index (χ2n) is 4.74. The highest BCUT2D eigenvalue weighted by molar-refractivity contribution is 6.30. The maximum Gasteiger partial charge on any atom is 0.258 e. The quantitative estimate of drug-likeness (QED) is 0.919.